The third-order valence-electron chi connectivity index (χ3n) is 4.60. The van der Waals surface area contributed by atoms with E-state index in [4.69, 9.17) is 0 Å². The molecule has 132 valence electrons. The van der Waals surface area contributed by atoms with Crippen molar-refractivity contribution in [2.24, 2.45) is 0 Å². The second-order valence-electron chi connectivity index (χ2n) is 6.45. The molecule has 5 nitrogen and oxygen atoms in total. The number of unbranched alkanes of at least 4 members (excludes halogenated alkanes) is 1. The fraction of sp³-hybridized carbons (Fsp3) is 0.706. The standard InChI is InChI=1S/C17H26N4OS2/c22-16(5-2-1-4-15-8-13-23-24-15)20-14-6-11-21(12-7-14)17-18-9-3-10-19-17/h3,9-10,14-15H,1-2,4-8,11-13H2,(H,20,22). The third-order valence-corrected chi connectivity index (χ3v) is 7.61. The van der Waals surface area contributed by atoms with Crippen molar-refractivity contribution < 1.29 is 4.79 Å². The van der Waals surface area contributed by atoms with Crippen molar-refractivity contribution in [2.45, 2.75) is 56.2 Å². The van der Waals surface area contributed by atoms with E-state index in [1.54, 1.807) is 12.4 Å². The Morgan fingerprint density at radius 2 is 2.00 bits per heavy atom. The number of nitrogens with one attached hydrogen (secondary N) is 1. The summed E-state index contributed by atoms with van der Waals surface area (Å²) in [4.78, 5) is 22.9. The van der Waals surface area contributed by atoms with Crippen LogP contribution in [0.1, 0.15) is 44.9 Å². The monoisotopic (exact) mass is 366 g/mol. The highest BCUT2D eigenvalue weighted by Gasteiger charge is 2.22. The predicted octanol–water partition coefficient (Wildman–Crippen LogP) is 3.28. The van der Waals surface area contributed by atoms with Crippen LogP contribution in [0, 0.1) is 0 Å². The Hall–Kier alpha value is -0.950. The summed E-state index contributed by atoms with van der Waals surface area (Å²) in [6.45, 7) is 1.82. The number of anilines is 1. The van der Waals surface area contributed by atoms with Crippen LogP contribution >= 0.6 is 21.6 Å². The fourth-order valence-corrected chi connectivity index (χ4v) is 6.23. The quantitative estimate of drug-likeness (QED) is 0.590. The van der Waals surface area contributed by atoms with Crippen LogP contribution in [-0.4, -0.2) is 46.0 Å². The molecule has 0 spiro atoms. The summed E-state index contributed by atoms with van der Waals surface area (Å²) in [6.07, 6.45) is 11.0. The van der Waals surface area contributed by atoms with Crippen LogP contribution in [0.25, 0.3) is 0 Å². The molecule has 1 amide bonds. The van der Waals surface area contributed by atoms with Gasteiger partial charge in [-0.05, 0) is 38.2 Å². The molecular formula is C17H26N4OS2. The summed E-state index contributed by atoms with van der Waals surface area (Å²) < 4.78 is 0. The van der Waals surface area contributed by atoms with E-state index in [2.05, 4.69) is 20.2 Å². The zero-order valence-electron chi connectivity index (χ0n) is 14.0. The SMILES string of the molecule is O=C(CCCCC1CCSS1)NC1CCN(c2ncccn2)CC1. The van der Waals surface area contributed by atoms with Crippen LogP contribution in [-0.2, 0) is 4.79 Å². The summed E-state index contributed by atoms with van der Waals surface area (Å²) in [5, 5.41) is 4.03. The molecular weight excluding hydrogens is 340 g/mol. The highest BCUT2D eigenvalue weighted by molar-refractivity contribution is 8.77. The smallest absolute Gasteiger partial charge is 0.225 e. The van der Waals surface area contributed by atoms with Gasteiger partial charge in [-0.1, -0.05) is 28.0 Å². The lowest BCUT2D eigenvalue weighted by molar-refractivity contribution is -0.122. The number of hydrogen-bond donors (Lipinski definition) is 1. The summed E-state index contributed by atoms with van der Waals surface area (Å²) in [5.74, 6) is 2.31. The van der Waals surface area contributed by atoms with Crippen molar-refractivity contribution in [1.82, 2.24) is 15.3 Å². The van der Waals surface area contributed by atoms with E-state index < -0.39 is 0 Å². The molecule has 0 bridgehead atoms. The fourth-order valence-electron chi connectivity index (χ4n) is 3.20. The van der Waals surface area contributed by atoms with E-state index in [9.17, 15) is 4.79 Å². The van der Waals surface area contributed by atoms with Crippen molar-refractivity contribution in [3.05, 3.63) is 18.5 Å². The Morgan fingerprint density at radius 1 is 1.21 bits per heavy atom. The highest BCUT2D eigenvalue weighted by Crippen LogP contribution is 2.39. The summed E-state index contributed by atoms with van der Waals surface area (Å²) in [6, 6.07) is 2.14. The largest absolute Gasteiger partial charge is 0.353 e. The molecule has 1 aromatic rings. The molecule has 3 heterocycles. The van der Waals surface area contributed by atoms with Gasteiger partial charge in [0.2, 0.25) is 11.9 Å². The molecule has 0 saturated carbocycles. The van der Waals surface area contributed by atoms with E-state index >= 15 is 0 Å². The highest BCUT2D eigenvalue weighted by atomic mass is 33.1. The average Bonchev–Trinajstić information content (AvgIpc) is 3.14. The van der Waals surface area contributed by atoms with E-state index in [1.165, 1.54) is 25.0 Å². The first kappa shape index (κ1) is 17.9. The Kier molecular flexibility index (Phi) is 7.08. The number of piperidine rings is 1. The number of amides is 1. The zero-order chi connectivity index (χ0) is 16.6. The molecule has 0 radical (unpaired) electrons. The van der Waals surface area contributed by atoms with Crippen molar-refractivity contribution in [3.63, 3.8) is 0 Å². The van der Waals surface area contributed by atoms with E-state index in [0.29, 0.717) is 12.5 Å². The number of rotatable bonds is 7. The van der Waals surface area contributed by atoms with Gasteiger partial charge in [-0.25, -0.2) is 9.97 Å². The molecule has 2 fully saturated rings. The van der Waals surface area contributed by atoms with Crippen LogP contribution in [0.3, 0.4) is 0 Å². The molecule has 2 aliphatic heterocycles. The minimum absolute atomic E-state index is 0.220. The van der Waals surface area contributed by atoms with Crippen molar-refractivity contribution in [3.8, 4) is 0 Å². The van der Waals surface area contributed by atoms with Crippen LogP contribution in [0.5, 0.6) is 0 Å². The first-order valence-electron chi connectivity index (χ1n) is 8.91. The Bertz CT molecular complexity index is 503. The summed E-state index contributed by atoms with van der Waals surface area (Å²) in [7, 11) is 4.02. The molecule has 1 atom stereocenters. The summed E-state index contributed by atoms with van der Waals surface area (Å²) in [5.41, 5.74) is 0. The Balaban J connectivity index is 1.28. The molecule has 0 aromatic carbocycles. The first-order chi connectivity index (χ1) is 11.8. The minimum atomic E-state index is 0.220. The molecule has 1 unspecified atom stereocenters. The van der Waals surface area contributed by atoms with Crippen molar-refractivity contribution in [1.29, 1.82) is 0 Å². The number of nitrogens with zero attached hydrogens (tertiary/aromatic N) is 3. The number of carbonyl (C=O) groups is 1. The van der Waals surface area contributed by atoms with Gasteiger partial charge >= 0.3 is 0 Å². The average molecular weight is 367 g/mol. The van der Waals surface area contributed by atoms with Crippen LogP contribution in [0.2, 0.25) is 0 Å². The van der Waals surface area contributed by atoms with Crippen LogP contribution in [0.4, 0.5) is 5.95 Å². The van der Waals surface area contributed by atoms with Gasteiger partial charge in [-0.15, -0.1) is 0 Å². The lowest BCUT2D eigenvalue weighted by Gasteiger charge is -2.32. The van der Waals surface area contributed by atoms with Gasteiger partial charge in [0.25, 0.3) is 0 Å². The Morgan fingerprint density at radius 3 is 2.71 bits per heavy atom. The van der Waals surface area contributed by atoms with Gasteiger partial charge in [0.05, 0.1) is 0 Å². The maximum Gasteiger partial charge on any atom is 0.225 e. The van der Waals surface area contributed by atoms with Crippen LogP contribution < -0.4 is 10.2 Å². The second-order valence-corrected chi connectivity index (χ2v) is 9.24. The van der Waals surface area contributed by atoms with Gasteiger partial charge < -0.3 is 10.2 Å². The lowest BCUT2D eigenvalue weighted by Crippen LogP contribution is -2.45. The second kappa shape index (κ2) is 9.51. The number of aromatic nitrogens is 2. The van der Waals surface area contributed by atoms with Gasteiger partial charge in [0.15, 0.2) is 0 Å². The normalized spacial score (nSPS) is 21.8. The number of carbonyl (C=O) groups excluding carboxylic acids is 1. The van der Waals surface area contributed by atoms with Crippen molar-refractivity contribution >= 4 is 33.4 Å². The maximum absolute atomic E-state index is 12.1. The van der Waals surface area contributed by atoms with Gasteiger partial charge in [0, 0.05) is 48.9 Å². The van der Waals surface area contributed by atoms with Crippen LogP contribution in [0.15, 0.2) is 18.5 Å². The molecule has 7 heteroatoms. The van der Waals surface area contributed by atoms with E-state index in [1.807, 2.05) is 27.7 Å². The molecule has 0 aliphatic carbocycles. The third kappa shape index (κ3) is 5.55. The molecule has 2 saturated heterocycles. The van der Waals surface area contributed by atoms with Gasteiger partial charge in [-0.2, -0.15) is 0 Å². The minimum Gasteiger partial charge on any atom is -0.353 e. The number of hydrogen-bond acceptors (Lipinski definition) is 6. The molecule has 2 aliphatic rings. The zero-order valence-corrected chi connectivity index (χ0v) is 15.7. The van der Waals surface area contributed by atoms with E-state index in [0.717, 1.165) is 43.6 Å². The molecule has 1 N–H and O–H groups in total. The summed E-state index contributed by atoms with van der Waals surface area (Å²) >= 11 is 0. The van der Waals surface area contributed by atoms with Gasteiger partial charge in [-0.3, -0.25) is 4.79 Å². The van der Waals surface area contributed by atoms with E-state index in [-0.39, 0.29) is 5.91 Å². The molecule has 3 rings (SSSR count). The molecule has 1 aromatic heterocycles. The topological polar surface area (TPSA) is 58.1 Å². The molecule has 24 heavy (non-hydrogen) atoms. The van der Waals surface area contributed by atoms with Gasteiger partial charge in [0.1, 0.15) is 0 Å². The first-order valence-corrected chi connectivity index (χ1v) is 11.3. The van der Waals surface area contributed by atoms with Crippen molar-refractivity contribution in [2.75, 3.05) is 23.7 Å². The Labute approximate surface area is 152 Å². The lowest BCUT2D eigenvalue weighted by atomic mass is 10.0. The predicted molar refractivity (Wildman–Crippen MR) is 102 cm³/mol. The maximum atomic E-state index is 12.1.